The maximum Gasteiger partial charge on any atom is 0.270 e. The van der Waals surface area contributed by atoms with E-state index in [1.54, 1.807) is 17.9 Å². The fourth-order valence-electron chi connectivity index (χ4n) is 2.25. The SMILES string of the molecule is CC(NC(=O)c1cc(Cl)ccn1)C(=O)N1CCCCC1. The minimum Gasteiger partial charge on any atom is -0.341 e. The van der Waals surface area contributed by atoms with Crippen molar-refractivity contribution in [3.8, 4) is 0 Å². The van der Waals surface area contributed by atoms with E-state index in [9.17, 15) is 9.59 Å². The zero-order chi connectivity index (χ0) is 14.5. The van der Waals surface area contributed by atoms with E-state index in [-0.39, 0.29) is 17.5 Å². The highest BCUT2D eigenvalue weighted by molar-refractivity contribution is 6.30. The molecule has 1 atom stereocenters. The van der Waals surface area contributed by atoms with E-state index in [4.69, 9.17) is 11.6 Å². The molecule has 1 aromatic heterocycles. The molecule has 0 saturated carbocycles. The third-order valence-corrected chi connectivity index (χ3v) is 3.58. The molecule has 0 radical (unpaired) electrons. The molecule has 0 aliphatic carbocycles. The van der Waals surface area contributed by atoms with E-state index in [0.29, 0.717) is 5.02 Å². The van der Waals surface area contributed by atoms with Crippen molar-refractivity contribution in [2.75, 3.05) is 13.1 Å². The largest absolute Gasteiger partial charge is 0.341 e. The molecule has 6 heteroatoms. The van der Waals surface area contributed by atoms with Crippen molar-refractivity contribution in [1.82, 2.24) is 15.2 Å². The van der Waals surface area contributed by atoms with Gasteiger partial charge < -0.3 is 10.2 Å². The van der Waals surface area contributed by atoms with Crippen molar-refractivity contribution in [3.63, 3.8) is 0 Å². The molecular weight excluding hydrogens is 278 g/mol. The number of carbonyl (C=O) groups is 2. The third kappa shape index (κ3) is 3.70. The van der Waals surface area contributed by atoms with Gasteiger partial charge in [-0.15, -0.1) is 0 Å². The van der Waals surface area contributed by atoms with Crippen molar-refractivity contribution in [1.29, 1.82) is 0 Å². The van der Waals surface area contributed by atoms with E-state index in [0.717, 1.165) is 32.4 Å². The smallest absolute Gasteiger partial charge is 0.270 e. The summed E-state index contributed by atoms with van der Waals surface area (Å²) in [6, 6.07) is 2.52. The van der Waals surface area contributed by atoms with Gasteiger partial charge in [-0.3, -0.25) is 14.6 Å². The molecule has 2 heterocycles. The van der Waals surface area contributed by atoms with Crippen molar-refractivity contribution in [3.05, 3.63) is 29.0 Å². The second-order valence-corrected chi connectivity index (χ2v) is 5.38. The summed E-state index contributed by atoms with van der Waals surface area (Å²) in [7, 11) is 0. The summed E-state index contributed by atoms with van der Waals surface area (Å²) in [5.74, 6) is -0.426. The lowest BCUT2D eigenvalue weighted by molar-refractivity contribution is -0.133. The predicted molar refractivity (Wildman–Crippen MR) is 76.6 cm³/mol. The first-order valence-corrected chi connectivity index (χ1v) is 7.17. The Morgan fingerprint density at radius 3 is 2.70 bits per heavy atom. The molecule has 0 aromatic carbocycles. The number of halogens is 1. The van der Waals surface area contributed by atoms with Gasteiger partial charge in [0.05, 0.1) is 0 Å². The highest BCUT2D eigenvalue weighted by Crippen LogP contribution is 2.11. The van der Waals surface area contributed by atoms with Crippen molar-refractivity contribution < 1.29 is 9.59 Å². The average Bonchev–Trinajstić information content (AvgIpc) is 2.47. The fraction of sp³-hybridized carbons (Fsp3) is 0.500. The number of nitrogens with one attached hydrogen (secondary N) is 1. The normalized spacial score (nSPS) is 16.6. The average molecular weight is 296 g/mol. The van der Waals surface area contributed by atoms with Crippen LogP contribution in [0.25, 0.3) is 0 Å². The molecule has 1 unspecified atom stereocenters. The molecule has 1 aromatic rings. The van der Waals surface area contributed by atoms with Crippen LogP contribution in [0.1, 0.15) is 36.7 Å². The van der Waals surface area contributed by atoms with E-state index >= 15 is 0 Å². The quantitative estimate of drug-likeness (QED) is 0.926. The molecule has 2 amide bonds. The Labute approximate surface area is 123 Å². The molecule has 1 aliphatic rings. The first-order chi connectivity index (χ1) is 9.58. The van der Waals surface area contributed by atoms with Crippen LogP contribution in [0.3, 0.4) is 0 Å². The van der Waals surface area contributed by atoms with Gasteiger partial charge in [-0.05, 0) is 38.3 Å². The van der Waals surface area contributed by atoms with E-state index < -0.39 is 6.04 Å². The highest BCUT2D eigenvalue weighted by atomic mass is 35.5. The second kappa shape index (κ2) is 6.70. The molecule has 0 bridgehead atoms. The zero-order valence-electron chi connectivity index (χ0n) is 11.4. The molecule has 5 nitrogen and oxygen atoms in total. The Morgan fingerprint density at radius 2 is 2.05 bits per heavy atom. The van der Waals surface area contributed by atoms with Crippen LogP contribution in [-0.2, 0) is 4.79 Å². The van der Waals surface area contributed by atoms with Crippen LogP contribution in [0, 0.1) is 0 Å². The number of aromatic nitrogens is 1. The van der Waals surface area contributed by atoms with E-state index in [2.05, 4.69) is 10.3 Å². The Hall–Kier alpha value is -1.62. The number of rotatable bonds is 3. The molecule has 108 valence electrons. The summed E-state index contributed by atoms with van der Waals surface area (Å²) >= 11 is 5.81. The van der Waals surface area contributed by atoms with Crippen LogP contribution in [0.5, 0.6) is 0 Å². The minimum atomic E-state index is -0.554. The molecule has 1 fully saturated rings. The summed E-state index contributed by atoms with van der Waals surface area (Å²) in [5.41, 5.74) is 0.218. The maximum absolute atomic E-state index is 12.2. The second-order valence-electron chi connectivity index (χ2n) is 4.94. The maximum atomic E-state index is 12.2. The van der Waals surface area contributed by atoms with Crippen molar-refractivity contribution in [2.24, 2.45) is 0 Å². The molecule has 1 aliphatic heterocycles. The van der Waals surface area contributed by atoms with Gasteiger partial charge in [0.1, 0.15) is 11.7 Å². The number of hydrogen-bond donors (Lipinski definition) is 1. The lowest BCUT2D eigenvalue weighted by Crippen LogP contribution is -2.48. The number of nitrogens with zero attached hydrogens (tertiary/aromatic N) is 2. The van der Waals surface area contributed by atoms with E-state index in [1.807, 2.05) is 0 Å². The van der Waals surface area contributed by atoms with Crippen LogP contribution in [0.2, 0.25) is 5.02 Å². The predicted octanol–water partition coefficient (Wildman–Crippen LogP) is 1.87. The summed E-state index contributed by atoms with van der Waals surface area (Å²) in [6.07, 6.45) is 4.69. The number of likely N-dealkylation sites (tertiary alicyclic amines) is 1. The van der Waals surface area contributed by atoms with Crippen molar-refractivity contribution >= 4 is 23.4 Å². The topological polar surface area (TPSA) is 62.3 Å². The van der Waals surface area contributed by atoms with Gasteiger partial charge in [0.2, 0.25) is 5.91 Å². The molecule has 0 spiro atoms. The molecule has 1 saturated heterocycles. The Kier molecular flexibility index (Phi) is 4.95. The number of piperidine rings is 1. The molecule has 1 N–H and O–H groups in total. The molecule has 2 rings (SSSR count). The Balaban J connectivity index is 1.94. The van der Waals surface area contributed by atoms with Crippen LogP contribution in [-0.4, -0.2) is 40.8 Å². The minimum absolute atomic E-state index is 0.0416. The number of hydrogen-bond acceptors (Lipinski definition) is 3. The Bertz CT molecular complexity index is 501. The van der Waals surface area contributed by atoms with Crippen LogP contribution >= 0.6 is 11.6 Å². The number of amides is 2. The van der Waals surface area contributed by atoms with Crippen LogP contribution in [0.15, 0.2) is 18.3 Å². The molecule has 20 heavy (non-hydrogen) atoms. The van der Waals surface area contributed by atoms with E-state index in [1.165, 1.54) is 12.3 Å². The van der Waals surface area contributed by atoms with Gasteiger partial charge in [-0.25, -0.2) is 0 Å². The summed E-state index contributed by atoms with van der Waals surface area (Å²) < 4.78 is 0. The first-order valence-electron chi connectivity index (χ1n) is 6.79. The van der Waals surface area contributed by atoms with Gasteiger partial charge in [0.15, 0.2) is 0 Å². The van der Waals surface area contributed by atoms with Crippen molar-refractivity contribution in [2.45, 2.75) is 32.2 Å². The van der Waals surface area contributed by atoms with Gasteiger partial charge >= 0.3 is 0 Å². The van der Waals surface area contributed by atoms with Crippen LogP contribution < -0.4 is 5.32 Å². The fourth-order valence-corrected chi connectivity index (χ4v) is 2.41. The summed E-state index contributed by atoms with van der Waals surface area (Å²) in [4.78, 5) is 29.9. The zero-order valence-corrected chi connectivity index (χ0v) is 12.2. The third-order valence-electron chi connectivity index (χ3n) is 3.34. The lowest BCUT2D eigenvalue weighted by atomic mass is 10.1. The van der Waals surface area contributed by atoms with Gasteiger partial charge in [-0.1, -0.05) is 11.6 Å². The summed E-state index contributed by atoms with van der Waals surface area (Å²) in [5, 5.41) is 3.11. The van der Waals surface area contributed by atoms with Crippen LogP contribution in [0.4, 0.5) is 0 Å². The van der Waals surface area contributed by atoms with Gasteiger partial charge in [-0.2, -0.15) is 0 Å². The summed E-state index contributed by atoms with van der Waals surface area (Å²) in [6.45, 7) is 3.24. The number of carbonyl (C=O) groups excluding carboxylic acids is 2. The van der Waals surface area contributed by atoms with Gasteiger partial charge in [0, 0.05) is 24.3 Å². The van der Waals surface area contributed by atoms with Gasteiger partial charge in [0.25, 0.3) is 5.91 Å². The highest BCUT2D eigenvalue weighted by Gasteiger charge is 2.24. The monoisotopic (exact) mass is 295 g/mol. The standard InChI is InChI=1S/C14H18ClN3O2/c1-10(14(20)18-7-3-2-4-8-18)17-13(19)12-9-11(15)5-6-16-12/h5-6,9-10H,2-4,7-8H2,1H3,(H,17,19). The number of pyridine rings is 1. The molecular formula is C14H18ClN3O2. The lowest BCUT2D eigenvalue weighted by Gasteiger charge is -2.29. The first kappa shape index (κ1) is 14.8. The Morgan fingerprint density at radius 1 is 1.35 bits per heavy atom.